The predicted molar refractivity (Wildman–Crippen MR) is 167 cm³/mol. The number of aromatic nitrogens is 5. The van der Waals surface area contributed by atoms with Crippen LogP contribution in [0.25, 0.3) is 11.2 Å². The third-order valence-electron chi connectivity index (χ3n) is 8.30. The normalized spacial score (nSPS) is 21.1. The van der Waals surface area contributed by atoms with Crippen LogP contribution in [0, 0.1) is 18.6 Å². The smallest absolute Gasteiger partial charge is 0.331 e. The van der Waals surface area contributed by atoms with Crippen molar-refractivity contribution in [1.29, 1.82) is 0 Å². The van der Waals surface area contributed by atoms with Gasteiger partial charge < -0.3 is 9.47 Å². The molecule has 2 saturated carbocycles. The van der Waals surface area contributed by atoms with E-state index in [1.54, 1.807) is 28.9 Å². The van der Waals surface area contributed by atoms with Gasteiger partial charge >= 0.3 is 5.97 Å². The lowest BCUT2D eigenvalue weighted by Crippen LogP contribution is -2.35. The average Bonchev–Trinajstić information content (AvgIpc) is 3.45. The number of methoxy groups -OCH3 is 1. The SMILES string of the molecule is CCCSc1nc(N([C@@H]2CC2c2ccc(F)c(F)c2)S(=O)(=O)c2ccc(C)cc2)c2nnn([C@H]3CC[C@@H](OCC(=O)OC)C3)c2n1. The van der Waals surface area contributed by atoms with Crippen molar-refractivity contribution in [3.63, 3.8) is 0 Å². The second-order valence-corrected chi connectivity index (χ2v) is 14.4. The Balaban J connectivity index is 1.43. The third-order valence-corrected chi connectivity index (χ3v) is 11.2. The standard InChI is InChI=1S/C31H34F2N6O5S2/c1-4-13-45-31-34-29-28(36-37-38(29)20-8-9-21(15-20)44-17-27(40)43-3)30(35-31)39(46(41,42)22-10-5-18(2)6-11-22)26-16-23(26)19-7-12-24(32)25(33)14-19/h5-7,10-12,14,20-21,23,26H,4,8-9,13,15-17H2,1-3H3/t20-,21+,23?,26+/m0/s1. The van der Waals surface area contributed by atoms with Gasteiger partial charge in [-0.1, -0.05) is 47.7 Å². The summed E-state index contributed by atoms with van der Waals surface area (Å²) in [5.74, 6) is -2.04. The van der Waals surface area contributed by atoms with E-state index < -0.39 is 39.6 Å². The number of halogens is 2. The van der Waals surface area contributed by atoms with Gasteiger partial charge in [0.05, 0.1) is 30.2 Å². The quantitative estimate of drug-likeness (QED) is 0.110. The summed E-state index contributed by atoms with van der Waals surface area (Å²) in [6.45, 7) is 3.74. The van der Waals surface area contributed by atoms with Crippen molar-refractivity contribution in [3.8, 4) is 0 Å². The van der Waals surface area contributed by atoms with Crippen LogP contribution in [-0.2, 0) is 24.3 Å². The average molecular weight is 673 g/mol. The van der Waals surface area contributed by atoms with Crippen molar-refractivity contribution in [2.75, 3.05) is 23.8 Å². The molecule has 0 radical (unpaired) electrons. The van der Waals surface area contributed by atoms with Crippen molar-refractivity contribution in [1.82, 2.24) is 25.0 Å². The first-order chi connectivity index (χ1) is 22.1. The van der Waals surface area contributed by atoms with Crippen molar-refractivity contribution >= 4 is 44.7 Å². The number of benzene rings is 2. The van der Waals surface area contributed by atoms with Gasteiger partial charge in [0.25, 0.3) is 10.0 Å². The molecule has 0 spiro atoms. The molecule has 6 rings (SSSR count). The lowest BCUT2D eigenvalue weighted by Gasteiger charge is -2.25. The zero-order valence-corrected chi connectivity index (χ0v) is 27.2. The van der Waals surface area contributed by atoms with Gasteiger partial charge in [0.15, 0.2) is 33.8 Å². The molecule has 4 aromatic rings. The van der Waals surface area contributed by atoms with Gasteiger partial charge in [-0.25, -0.2) is 40.9 Å². The molecule has 0 N–H and O–H groups in total. The molecule has 0 amide bonds. The van der Waals surface area contributed by atoms with Crippen molar-refractivity contribution < 1.29 is 31.5 Å². The van der Waals surface area contributed by atoms with E-state index in [1.807, 2.05) is 13.8 Å². The molecule has 11 nitrogen and oxygen atoms in total. The summed E-state index contributed by atoms with van der Waals surface area (Å²) in [6.07, 6.45) is 2.94. The summed E-state index contributed by atoms with van der Waals surface area (Å²) in [7, 11) is -2.90. The van der Waals surface area contributed by atoms with E-state index in [1.165, 1.54) is 29.2 Å². The first-order valence-corrected chi connectivity index (χ1v) is 17.5. The van der Waals surface area contributed by atoms with E-state index in [0.717, 1.165) is 24.1 Å². The highest BCUT2D eigenvalue weighted by atomic mass is 32.2. The number of hydrogen-bond acceptors (Lipinski definition) is 10. The lowest BCUT2D eigenvalue weighted by atomic mass is 10.1. The number of ether oxygens (including phenoxy) is 2. The van der Waals surface area contributed by atoms with Crippen LogP contribution < -0.4 is 4.31 Å². The Labute approximate surface area is 269 Å². The summed E-state index contributed by atoms with van der Waals surface area (Å²) >= 11 is 1.40. The van der Waals surface area contributed by atoms with Gasteiger partial charge in [0.1, 0.15) is 6.61 Å². The Morgan fingerprint density at radius 1 is 1.09 bits per heavy atom. The van der Waals surface area contributed by atoms with E-state index in [0.29, 0.717) is 47.8 Å². The van der Waals surface area contributed by atoms with Crippen LogP contribution in [0.5, 0.6) is 0 Å². The van der Waals surface area contributed by atoms with Crippen LogP contribution in [0.4, 0.5) is 14.6 Å². The van der Waals surface area contributed by atoms with E-state index in [2.05, 4.69) is 15.0 Å². The molecule has 0 aliphatic heterocycles. The van der Waals surface area contributed by atoms with E-state index in [9.17, 15) is 22.0 Å². The molecular weight excluding hydrogens is 639 g/mol. The molecule has 2 aliphatic rings. The highest BCUT2D eigenvalue weighted by molar-refractivity contribution is 7.99. The zero-order valence-electron chi connectivity index (χ0n) is 25.6. The van der Waals surface area contributed by atoms with Gasteiger partial charge in [0.2, 0.25) is 0 Å². The Morgan fingerprint density at radius 2 is 1.87 bits per heavy atom. The molecule has 2 fully saturated rings. The molecule has 46 heavy (non-hydrogen) atoms. The fourth-order valence-corrected chi connectivity index (χ4v) is 8.15. The minimum Gasteiger partial charge on any atom is -0.467 e. The number of nitrogens with zero attached hydrogens (tertiary/aromatic N) is 6. The molecular formula is C31H34F2N6O5S2. The minimum absolute atomic E-state index is 0.0670. The Kier molecular flexibility index (Phi) is 9.26. The van der Waals surface area contributed by atoms with Gasteiger partial charge in [0, 0.05) is 11.7 Å². The predicted octanol–water partition coefficient (Wildman–Crippen LogP) is 5.34. The number of sulfonamides is 1. The Bertz CT molecular complexity index is 1860. The topological polar surface area (TPSA) is 129 Å². The maximum absolute atomic E-state index is 14.5. The molecule has 244 valence electrons. The maximum Gasteiger partial charge on any atom is 0.331 e. The number of carbonyl (C=O) groups is 1. The summed E-state index contributed by atoms with van der Waals surface area (Å²) in [5.41, 5.74) is 1.99. The van der Waals surface area contributed by atoms with Crippen LogP contribution in [0.3, 0.4) is 0 Å². The number of fused-ring (bicyclic) bond motifs is 1. The second kappa shape index (κ2) is 13.2. The number of hydrogen-bond donors (Lipinski definition) is 0. The number of anilines is 1. The number of aryl methyl sites for hydroxylation is 1. The van der Waals surface area contributed by atoms with Crippen LogP contribution in [0.15, 0.2) is 52.5 Å². The molecule has 4 atom stereocenters. The highest BCUT2D eigenvalue weighted by Crippen LogP contribution is 2.49. The highest BCUT2D eigenvalue weighted by Gasteiger charge is 2.50. The fourth-order valence-electron chi connectivity index (χ4n) is 5.80. The van der Waals surface area contributed by atoms with E-state index >= 15 is 0 Å². The molecule has 2 heterocycles. The molecule has 1 unspecified atom stereocenters. The molecule has 2 aliphatic carbocycles. The number of esters is 1. The van der Waals surface area contributed by atoms with Crippen molar-refractivity contribution in [3.05, 3.63) is 65.2 Å². The van der Waals surface area contributed by atoms with Crippen LogP contribution in [0.2, 0.25) is 0 Å². The molecule has 2 aromatic carbocycles. The third kappa shape index (κ3) is 6.45. The summed E-state index contributed by atoms with van der Waals surface area (Å²) in [4.78, 5) is 21.2. The van der Waals surface area contributed by atoms with Crippen LogP contribution in [0.1, 0.15) is 62.1 Å². The van der Waals surface area contributed by atoms with Crippen molar-refractivity contribution in [2.45, 2.75) is 80.1 Å². The lowest BCUT2D eigenvalue weighted by molar-refractivity contribution is -0.147. The molecule has 0 saturated heterocycles. The summed E-state index contributed by atoms with van der Waals surface area (Å²) in [6, 6.07) is 9.38. The minimum atomic E-state index is -4.21. The number of carbonyl (C=O) groups excluding carboxylic acids is 1. The Hall–Kier alpha value is -3.69. The first-order valence-electron chi connectivity index (χ1n) is 15.1. The molecule has 2 aromatic heterocycles. The van der Waals surface area contributed by atoms with Crippen LogP contribution in [-0.4, -0.2) is 71.0 Å². The first kappa shape index (κ1) is 32.3. The second-order valence-electron chi connectivity index (χ2n) is 11.6. The zero-order chi connectivity index (χ0) is 32.6. The number of thioether (sulfide) groups is 1. The van der Waals surface area contributed by atoms with Crippen molar-refractivity contribution in [2.24, 2.45) is 0 Å². The largest absolute Gasteiger partial charge is 0.467 e. The monoisotopic (exact) mass is 672 g/mol. The fraction of sp³-hybridized carbons (Fsp3) is 0.452. The Morgan fingerprint density at radius 3 is 2.59 bits per heavy atom. The van der Waals surface area contributed by atoms with Gasteiger partial charge in [-0.05, 0) is 68.9 Å². The van der Waals surface area contributed by atoms with Gasteiger partial charge in [-0.2, -0.15) is 0 Å². The van der Waals surface area contributed by atoms with Crippen LogP contribution >= 0.6 is 11.8 Å². The van der Waals surface area contributed by atoms with Gasteiger partial charge in [-0.3, -0.25) is 0 Å². The van der Waals surface area contributed by atoms with E-state index in [4.69, 9.17) is 14.7 Å². The maximum atomic E-state index is 14.5. The summed E-state index contributed by atoms with van der Waals surface area (Å²) in [5, 5.41) is 9.22. The molecule has 15 heteroatoms. The summed E-state index contributed by atoms with van der Waals surface area (Å²) < 4.78 is 70.3. The number of rotatable bonds is 12. The van der Waals surface area contributed by atoms with E-state index in [-0.39, 0.29) is 35.0 Å². The van der Waals surface area contributed by atoms with Gasteiger partial charge in [-0.15, -0.1) is 5.10 Å². The molecule has 0 bridgehead atoms.